The van der Waals surface area contributed by atoms with Crippen LogP contribution in [0.25, 0.3) is 0 Å². The fourth-order valence-electron chi connectivity index (χ4n) is 1.68. The molecule has 1 saturated heterocycles. The van der Waals surface area contributed by atoms with Gasteiger partial charge in [0.05, 0.1) is 13.2 Å². The van der Waals surface area contributed by atoms with Gasteiger partial charge in [0.1, 0.15) is 0 Å². The number of hydrogen-bond acceptors (Lipinski definition) is 4. The molecule has 0 radical (unpaired) electrons. The maximum Gasteiger partial charge on any atom is 0.221 e. The lowest BCUT2D eigenvalue weighted by Gasteiger charge is -2.24. The Morgan fingerprint density at radius 3 is 2.94 bits per heavy atom. The van der Waals surface area contributed by atoms with Gasteiger partial charge in [0.2, 0.25) is 5.91 Å². The van der Waals surface area contributed by atoms with E-state index >= 15 is 0 Å². The van der Waals surface area contributed by atoms with E-state index in [2.05, 4.69) is 36.4 Å². The van der Waals surface area contributed by atoms with Crippen molar-refractivity contribution in [3.8, 4) is 0 Å². The molecular weight excluding hydrogens is 218 g/mol. The summed E-state index contributed by atoms with van der Waals surface area (Å²) in [5.74, 6) is 0.102. The zero-order chi connectivity index (χ0) is 12.7. The second kappa shape index (κ2) is 7.63. The third-order valence-corrected chi connectivity index (χ3v) is 3.10. The van der Waals surface area contributed by atoms with Crippen LogP contribution in [-0.2, 0) is 9.53 Å². The van der Waals surface area contributed by atoms with Crippen molar-refractivity contribution < 1.29 is 9.53 Å². The Morgan fingerprint density at radius 1 is 1.59 bits per heavy atom. The van der Waals surface area contributed by atoms with Gasteiger partial charge < -0.3 is 20.3 Å². The fourth-order valence-corrected chi connectivity index (χ4v) is 1.68. The second-order valence-corrected chi connectivity index (χ2v) is 4.85. The fraction of sp³-hybridized carbons (Fsp3) is 0.917. The van der Waals surface area contributed by atoms with Crippen LogP contribution in [0.2, 0.25) is 0 Å². The standard InChI is InChI=1S/C12H25N3O2/c1-10(2)15(3)6-4-14-12(16)8-11-9-17-7-5-13-11/h10-11,13H,4-9H2,1-3H3,(H,14,16). The molecule has 1 atom stereocenters. The molecule has 1 aliphatic heterocycles. The average molecular weight is 243 g/mol. The molecule has 0 aromatic rings. The van der Waals surface area contributed by atoms with Crippen molar-refractivity contribution in [3.63, 3.8) is 0 Å². The van der Waals surface area contributed by atoms with Crippen LogP contribution in [0.15, 0.2) is 0 Å². The van der Waals surface area contributed by atoms with Crippen LogP contribution in [0.5, 0.6) is 0 Å². The highest BCUT2D eigenvalue weighted by Gasteiger charge is 2.16. The van der Waals surface area contributed by atoms with E-state index in [-0.39, 0.29) is 11.9 Å². The maximum absolute atomic E-state index is 11.6. The van der Waals surface area contributed by atoms with E-state index < -0.39 is 0 Å². The zero-order valence-electron chi connectivity index (χ0n) is 11.2. The first-order valence-corrected chi connectivity index (χ1v) is 6.37. The van der Waals surface area contributed by atoms with Crippen LogP contribution < -0.4 is 10.6 Å². The number of rotatable bonds is 6. The largest absolute Gasteiger partial charge is 0.378 e. The first kappa shape index (κ1) is 14.4. The molecule has 17 heavy (non-hydrogen) atoms. The second-order valence-electron chi connectivity index (χ2n) is 4.85. The molecule has 1 unspecified atom stereocenters. The third-order valence-electron chi connectivity index (χ3n) is 3.10. The van der Waals surface area contributed by atoms with E-state index in [1.165, 1.54) is 0 Å². The van der Waals surface area contributed by atoms with E-state index in [0.29, 0.717) is 25.6 Å². The Hall–Kier alpha value is -0.650. The summed E-state index contributed by atoms with van der Waals surface area (Å²) in [6, 6.07) is 0.687. The SMILES string of the molecule is CC(C)N(C)CCNC(=O)CC1COCCN1. The summed E-state index contributed by atoms with van der Waals surface area (Å²) in [6.45, 7) is 8.11. The molecule has 1 rings (SSSR count). The number of carbonyl (C=O) groups is 1. The van der Waals surface area contributed by atoms with E-state index in [9.17, 15) is 4.79 Å². The normalized spacial score (nSPS) is 20.9. The number of carbonyl (C=O) groups excluding carboxylic acids is 1. The highest BCUT2D eigenvalue weighted by atomic mass is 16.5. The highest BCUT2D eigenvalue weighted by molar-refractivity contribution is 5.76. The summed E-state index contributed by atoms with van der Waals surface area (Å²) in [4.78, 5) is 13.8. The van der Waals surface area contributed by atoms with Crippen LogP contribution in [0.1, 0.15) is 20.3 Å². The lowest BCUT2D eigenvalue weighted by Crippen LogP contribution is -2.45. The molecule has 100 valence electrons. The Kier molecular flexibility index (Phi) is 6.47. The Balaban J connectivity index is 2.08. The third kappa shape index (κ3) is 6.00. The van der Waals surface area contributed by atoms with Crippen LogP contribution in [0.3, 0.4) is 0 Å². The molecule has 1 fully saturated rings. The topological polar surface area (TPSA) is 53.6 Å². The van der Waals surface area contributed by atoms with Gasteiger partial charge in [0.15, 0.2) is 0 Å². The maximum atomic E-state index is 11.6. The summed E-state index contributed by atoms with van der Waals surface area (Å²) < 4.78 is 5.31. The molecule has 5 nitrogen and oxygen atoms in total. The molecule has 0 saturated carbocycles. The molecule has 5 heteroatoms. The zero-order valence-corrected chi connectivity index (χ0v) is 11.2. The molecule has 0 spiro atoms. The first-order chi connectivity index (χ1) is 8.09. The van der Waals surface area contributed by atoms with E-state index in [1.54, 1.807) is 0 Å². The summed E-state index contributed by atoms with van der Waals surface area (Å²) in [5, 5.41) is 6.21. The van der Waals surface area contributed by atoms with Crippen LogP contribution in [0, 0.1) is 0 Å². The summed E-state index contributed by atoms with van der Waals surface area (Å²) in [5.41, 5.74) is 0. The summed E-state index contributed by atoms with van der Waals surface area (Å²) in [6.07, 6.45) is 0.505. The van der Waals surface area contributed by atoms with Crippen molar-refractivity contribution in [1.82, 2.24) is 15.5 Å². The van der Waals surface area contributed by atoms with Crippen LogP contribution in [-0.4, -0.2) is 62.8 Å². The van der Waals surface area contributed by atoms with Crippen molar-refractivity contribution in [2.75, 3.05) is 39.9 Å². The number of nitrogens with zero attached hydrogens (tertiary/aromatic N) is 1. The Bertz CT molecular complexity index is 228. The van der Waals surface area contributed by atoms with Gasteiger partial charge in [-0.1, -0.05) is 0 Å². The number of ether oxygens (including phenoxy) is 1. The smallest absolute Gasteiger partial charge is 0.221 e. The predicted molar refractivity (Wildman–Crippen MR) is 68.0 cm³/mol. The van der Waals surface area contributed by atoms with E-state index in [4.69, 9.17) is 4.74 Å². The van der Waals surface area contributed by atoms with Crippen molar-refractivity contribution in [2.24, 2.45) is 0 Å². The molecule has 0 aliphatic carbocycles. The van der Waals surface area contributed by atoms with Gasteiger partial charge in [0.25, 0.3) is 0 Å². The Labute approximate surface area is 104 Å². The summed E-state index contributed by atoms with van der Waals surface area (Å²) in [7, 11) is 2.06. The number of nitrogens with one attached hydrogen (secondary N) is 2. The first-order valence-electron chi connectivity index (χ1n) is 6.37. The van der Waals surface area contributed by atoms with Gasteiger partial charge in [0, 0.05) is 38.1 Å². The predicted octanol–water partition coefficient (Wildman–Crippen LogP) is -0.179. The molecule has 0 bridgehead atoms. The lowest BCUT2D eigenvalue weighted by molar-refractivity contribution is -0.122. The molecule has 1 amide bonds. The molecule has 0 aromatic carbocycles. The molecule has 0 aromatic heterocycles. The minimum absolute atomic E-state index is 0.102. The number of amides is 1. The molecule has 1 aliphatic rings. The molecular formula is C12H25N3O2. The Morgan fingerprint density at radius 2 is 2.35 bits per heavy atom. The van der Waals surface area contributed by atoms with E-state index in [1.807, 2.05) is 0 Å². The van der Waals surface area contributed by atoms with E-state index in [0.717, 1.165) is 19.7 Å². The van der Waals surface area contributed by atoms with Gasteiger partial charge in [-0.25, -0.2) is 0 Å². The summed E-state index contributed by atoms with van der Waals surface area (Å²) >= 11 is 0. The molecule has 1 heterocycles. The van der Waals surface area contributed by atoms with Crippen LogP contribution in [0.4, 0.5) is 0 Å². The van der Waals surface area contributed by atoms with Crippen LogP contribution >= 0.6 is 0 Å². The van der Waals surface area contributed by atoms with Crippen molar-refractivity contribution >= 4 is 5.91 Å². The van der Waals surface area contributed by atoms with Gasteiger partial charge in [-0.3, -0.25) is 4.79 Å². The van der Waals surface area contributed by atoms with Crippen molar-refractivity contribution in [1.29, 1.82) is 0 Å². The monoisotopic (exact) mass is 243 g/mol. The van der Waals surface area contributed by atoms with Gasteiger partial charge >= 0.3 is 0 Å². The van der Waals surface area contributed by atoms with Gasteiger partial charge in [-0.15, -0.1) is 0 Å². The minimum Gasteiger partial charge on any atom is -0.378 e. The van der Waals surface area contributed by atoms with Gasteiger partial charge in [-0.05, 0) is 20.9 Å². The molecule has 2 N–H and O–H groups in total. The quantitative estimate of drug-likeness (QED) is 0.679. The van der Waals surface area contributed by atoms with Crippen molar-refractivity contribution in [2.45, 2.75) is 32.4 Å². The number of morpholine rings is 1. The number of likely N-dealkylation sites (N-methyl/N-ethyl adjacent to an activating group) is 1. The highest BCUT2D eigenvalue weighted by Crippen LogP contribution is 1.98. The minimum atomic E-state index is 0.102. The lowest BCUT2D eigenvalue weighted by atomic mass is 10.2. The number of hydrogen-bond donors (Lipinski definition) is 2. The average Bonchev–Trinajstić information content (AvgIpc) is 2.30. The van der Waals surface area contributed by atoms with Gasteiger partial charge in [-0.2, -0.15) is 0 Å². The van der Waals surface area contributed by atoms with Crippen molar-refractivity contribution in [3.05, 3.63) is 0 Å².